The molecule has 6 rings (SSSR count). The molecule has 53 heavy (non-hydrogen) atoms. The van der Waals surface area contributed by atoms with Crippen molar-refractivity contribution < 1.29 is 75.5 Å². The average Bonchev–Trinajstić information content (AvgIpc) is 3.79. The van der Waals surface area contributed by atoms with Gasteiger partial charge in [0, 0.05) is 20.6 Å². The van der Waals surface area contributed by atoms with E-state index in [0.717, 1.165) is 0 Å². The number of methoxy groups -OCH3 is 1. The molecular weight excluding hydrogens is 785 g/mol. The van der Waals surface area contributed by atoms with Crippen LogP contribution in [-0.2, 0) is 50.6 Å². The fraction of sp³-hybridized carbons (Fsp3) is 0.591. The predicted molar refractivity (Wildman–Crippen MR) is 166 cm³/mol. The average molecular weight is 815 g/mol. The van der Waals surface area contributed by atoms with Crippen LogP contribution < -0.4 is 47.1 Å². The summed E-state index contributed by atoms with van der Waals surface area (Å²) in [4.78, 5) is 85.0. The molecule has 5 unspecified atom stereocenters. The van der Waals surface area contributed by atoms with Crippen LogP contribution in [0.2, 0.25) is 0 Å². The first-order chi connectivity index (χ1) is 24.8. The fourth-order valence-corrected chi connectivity index (χ4v) is 8.91. The SMILES string of the molecule is COC1C[C@@H](COOP(=O)([O-])OP(=O)([O-])OP(=O)([O-])OC[C@H]2O[C@@H](N3CN(C)c4c3nc(N)[nH]c4=O)[C@@H](O)C2O)O[C@H]1n1cnc2c(=O)[nH]c(N)nc21. The predicted octanol–water partition coefficient (Wildman–Crippen LogP) is -4.57. The number of aliphatic hydroxyl groups excluding tert-OH is 2. The summed E-state index contributed by atoms with van der Waals surface area (Å²) in [7, 11) is -15.4. The maximum absolute atomic E-state index is 12.3. The molecule has 6 heterocycles. The van der Waals surface area contributed by atoms with E-state index in [-0.39, 0.29) is 47.7 Å². The standard InChI is InChI=1S/C22H33N10O18P3/c1-30-7-32(16-12(30)18(36)29-22(24)27-16)20-14(34)13(33)10(47-20)5-45-51(37,38)49-53(41,42)50-52(39,40)48-44-4-8-3-9(43-2)19(46-8)31-6-25-11-15(31)26-21(23)28-17(11)35/h6,8-10,13-14,19-20,33-34H,3-5,7H2,1-2H3,(H,37,38)(H,39,40)(H,41,42)(H3,23,26,28,35)(H3,24,27,29,36)/p-3/t8-,9?,10+,13?,14-,19+,20+/m0/s1. The Kier molecular flexibility index (Phi) is 10.9. The number of nitrogens with two attached hydrogens (primary N) is 2. The van der Waals surface area contributed by atoms with Crippen molar-refractivity contribution in [1.82, 2.24) is 29.5 Å². The van der Waals surface area contributed by atoms with Crippen LogP contribution in [0, 0.1) is 0 Å². The Bertz CT molecular complexity index is 2120. The van der Waals surface area contributed by atoms with E-state index in [0.29, 0.717) is 0 Å². The molecule has 3 aromatic rings. The van der Waals surface area contributed by atoms with Crippen molar-refractivity contribution in [2.75, 3.05) is 55.3 Å². The summed E-state index contributed by atoms with van der Waals surface area (Å²) in [6.45, 7) is -1.90. The summed E-state index contributed by atoms with van der Waals surface area (Å²) in [5.74, 6) is -0.489. The van der Waals surface area contributed by atoms with Crippen molar-refractivity contribution in [2.45, 2.75) is 49.4 Å². The summed E-state index contributed by atoms with van der Waals surface area (Å²) in [5.41, 5.74) is 10.1. The quantitative estimate of drug-likeness (QED) is 0.0507. The minimum Gasteiger partial charge on any atom is -0.756 e. The number of ether oxygens (including phenoxy) is 3. The summed E-state index contributed by atoms with van der Waals surface area (Å²) < 4.78 is 70.8. The molecule has 31 heteroatoms. The first-order valence-electron chi connectivity index (χ1n) is 14.9. The highest BCUT2D eigenvalue weighted by molar-refractivity contribution is 7.65. The van der Waals surface area contributed by atoms with Crippen LogP contribution >= 0.6 is 23.5 Å². The van der Waals surface area contributed by atoms with E-state index in [4.69, 9.17) is 25.7 Å². The highest BCUT2D eigenvalue weighted by atomic mass is 31.3. The Balaban J connectivity index is 0.996. The van der Waals surface area contributed by atoms with Crippen molar-refractivity contribution in [3.63, 3.8) is 0 Å². The topological polar surface area (TPSA) is 403 Å². The summed E-state index contributed by atoms with van der Waals surface area (Å²) in [6.07, 6.45) is -7.97. The number of phosphoric acid groups is 3. The van der Waals surface area contributed by atoms with Gasteiger partial charge in [-0.05, 0) is 0 Å². The van der Waals surface area contributed by atoms with Crippen molar-refractivity contribution in [2.24, 2.45) is 0 Å². The zero-order chi connectivity index (χ0) is 38.6. The number of rotatable bonds is 14. The molecular formula is C22H30N10O18P3-3. The number of hydrogen-bond acceptors (Lipinski definition) is 25. The van der Waals surface area contributed by atoms with Crippen LogP contribution in [0.15, 0.2) is 15.9 Å². The van der Waals surface area contributed by atoms with Gasteiger partial charge in [0.05, 0.1) is 25.7 Å². The lowest BCUT2D eigenvalue weighted by atomic mass is 10.1. The number of imidazole rings is 1. The van der Waals surface area contributed by atoms with Crippen LogP contribution in [-0.4, -0.2) is 110 Å². The molecule has 2 saturated heterocycles. The van der Waals surface area contributed by atoms with Crippen molar-refractivity contribution in [3.8, 4) is 0 Å². The Hall–Kier alpha value is -3.40. The molecule has 0 spiro atoms. The third kappa shape index (κ3) is 8.32. The molecule has 10 atom stereocenters. The molecule has 3 aliphatic heterocycles. The van der Waals surface area contributed by atoms with Crippen LogP contribution in [0.4, 0.5) is 23.4 Å². The van der Waals surface area contributed by atoms with Gasteiger partial charge in [0.15, 0.2) is 29.4 Å². The van der Waals surface area contributed by atoms with Crippen LogP contribution in [0.5, 0.6) is 0 Å². The molecule has 0 bridgehead atoms. The van der Waals surface area contributed by atoms with Gasteiger partial charge in [0.2, 0.25) is 11.9 Å². The number of phosphoric ester groups is 1. The van der Waals surface area contributed by atoms with Gasteiger partial charge in [-0.3, -0.25) is 37.8 Å². The van der Waals surface area contributed by atoms with E-state index >= 15 is 0 Å². The number of anilines is 4. The first-order valence-corrected chi connectivity index (χ1v) is 19.3. The molecule has 0 aliphatic carbocycles. The third-order valence-corrected chi connectivity index (χ3v) is 11.9. The minimum absolute atomic E-state index is 0.0215. The van der Waals surface area contributed by atoms with Gasteiger partial charge in [-0.15, -0.1) is 0 Å². The van der Waals surface area contributed by atoms with Gasteiger partial charge >= 0.3 is 7.82 Å². The van der Waals surface area contributed by atoms with E-state index in [1.54, 1.807) is 0 Å². The minimum atomic E-state index is -6.32. The highest BCUT2D eigenvalue weighted by Gasteiger charge is 2.49. The number of nitrogens with zero attached hydrogens (tertiary/aromatic N) is 6. The second-order valence-electron chi connectivity index (χ2n) is 11.6. The van der Waals surface area contributed by atoms with E-state index in [9.17, 15) is 48.2 Å². The van der Waals surface area contributed by atoms with Crippen molar-refractivity contribution >= 4 is 58.0 Å². The molecule has 0 amide bonds. The largest absolute Gasteiger partial charge is 0.756 e. The molecule has 28 nitrogen and oxygen atoms in total. The van der Waals surface area contributed by atoms with Crippen LogP contribution in [0.1, 0.15) is 12.6 Å². The molecule has 294 valence electrons. The van der Waals surface area contributed by atoms with E-state index in [1.807, 2.05) is 0 Å². The third-order valence-electron chi connectivity index (χ3n) is 7.93. The fourth-order valence-electron chi connectivity index (χ4n) is 5.75. The zero-order valence-electron chi connectivity index (χ0n) is 27.1. The summed E-state index contributed by atoms with van der Waals surface area (Å²) in [6, 6.07) is 0. The van der Waals surface area contributed by atoms with Gasteiger partial charge in [-0.25, -0.2) is 18.5 Å². The monoisotopic (exact) mass is 815 g/mol. The number of aromatic amines is 2. The zero-order valence-corrected chi connectivity index (χ0v) is 29.7. The summed E-state index contributed by atoms with van der Waals surface area (Å²) in [5, 5.41) is 21.1. The maximum Gasteiger partial charge on any atom is 0.304 e. The number of nitrogens with one attached hydrogen (secondary N) is 2. The first kappa shape index (κ1) is 39.3. The van der Waals surface area contributed by atoms with E-state index in [1.165, 1.54) is 34.9 Å². The Morgan fingerprint density at radius 1 is 0.962 bits per heavy atom. The van der Waals surface area contributed by atoms with Gasteiger partial charge in [-0.1, -0.05) is 0 Å². The van der Waals surface area contributed by atoms with Gasteiger partial charge < -0.3 is 64.9 Å². The molecule has 3 aromatic heterocycles. The molecule has 8 N–H and O–H groups in total. The molecule has 3 aliphatic rings. The van der Waals surface area contributed by atoms with Crippen molar-refractivity contribution in [1.29, 1.82) is 0 Å². The number of aliphatic hydroxyl groups is 2. The lowest BCUT2D eigenvalue weighted by Crippen LogP contribution is -2.45. The van der Waals surface area contributed by atoms with Crippen molar-refractivity contribution in [3.05, 3.63) is 27.0 Å². The van der Waals surface area contributed by atoms with Gasteiger partial charge in [0.25, 0.3) is 26.8 Å². The lowest BCUT2D eigenvalue weighted by molar-refractivity contribution is -0.312. The Morgan fingerprint density at radius 3 is 2.36 bits per heavy atom. The number of aromatic nitrogens is 6. The number of hydrogen-bond donors (Lipinski definition) is 6. The molecule has 0 saturated carbocycles. The Morgan fingerprint density at radius 2 is 1.64 bits per heavy atom. The van der Waals surface area contributed by atoms with E-state index in [2.05, 4.69) is 47.6 Å². The van der Waals surface area contributed by atoms with Crippen LogP contribution in [0.25, 0.3) is 11.2 Å². The molecule has 2 fully saturated rings. The van der Waals surface area contributed by atoms with Crippen LogP contribution in [0.3, 0.4) is 0 Å². The smallest absolute Gasteiger partial charge is 0.304 e. The second-order valence-corrected chi connectivity index (χ2v) is 16.0. The van der Waals surface area contributed by atoms with Gasteiger partial charge in [-0.2, -0.15) is 14.6 Å². The summed E-state index contributed by atoms with van der Waals surface area (Å²) >= 11 is 0. The number of nitrogen functional groups attached to an aromatic ring is 2. The molecule has 0 aromatic carbocycles. The number of fused-ring (bicyclic) bond motifs is 2. The lowest BCUT2D eigenvalue weighted by Gasteiger charge is -2.34. The number of H-pyrrole nitrogens is 2. The van der Waals surface area contributed by atoms with E-state index < -0.39 is 90.8 Å². The normalized spacial score (nSPS) is 29.3. The van der Waals surface area contributed by atoms with Gasteiger partial charge in [0.1, 0.15) is 36.7 Å². The maximum atomic E-state index is 12.3. The highest BCUT2D eigenvalue weighted by Crippen LogP contribution is 2.63. The molecule has 0 radical (unpaired) electrons. The second kappa shape index (κ2) is 14.7. The Labute approximate surface area is 294 Å².